The summed E-state index contributed by atoms with van der Waals surface area (Å²) in [5.41, 5.74) is 6.50. The van der Waals surface area contributed by atoms with Crippen LogP contribution in [0.25, 0.3) is 11.1 Å². The van der Waals surface area contributed by atoms with Crippen molar-refractivity contribution >= 4 is 41.0 Å². The summed E-state index contributed by atoms with van der Waals surface area (Å²) < 4.78 is 24.1. The number of carboxylic acids is 1. The van der Waals surface area contributed by atoms with Crippen LogP contribution in [0.5, 0.6) is 17.2 Å². The molecule has 0 spiro atoms. The van der Waals surface area contributed by atoms with Crippen molar-refractivity contribution in [3.63, 3.8) is 0 Å². The van der Waals surface area contributed by atoms with Gasteiger partial charge in [0.05, 0.1) is 34.2 Å². The lowest BCUT2D eigenvalue weighted by molar-refractivity contribution is -0.147. The molecular weight excluding hydrogens is 793 g/mol. The van der Waals surface area contributed by atoms with Crippen molar-refractivity contribution in [1.29, 1.82) is 5.26 Å². The highest BCUT2D eigenvalue weighted by molar-refractivity contribution is 6.42. The summed E-state index contributed by atoms with van der Waals surface area (Å²) in [5.74, 6) is -0.641. The van der Waals surface area contributed by atoms with Crippen LogP contribution in [-0.2, 0) is 45.1 Å². The first kappa shape index (κ1) is 39.8. The predicted octanol–water partition coefficient (Wildman–Crippen LogP) is 7.73. The number of carboxylic acid groups (broad SMARTS) is 1. The standard InChI is InChI=1S/C46H39Cl2N3O8/c47-37-14-5-29(17-38(37)48)24-57-36-12-10-32(11-13-36)43-26-58-41-20-34-19-40(51(23-35(34)21-42(41)59-43)45(53)33-15-16-56-25-33)44(52)50-39(46(54)55)18-27-1-6-30(7-2-27)31-8-3-28(22-49)4-9-31/h1-14,17,20-21,33,39-40,43H,15-16,18-19,23-26H2,(H,50,52)(H,54,55). The molecule has 3 aliphatic rings. The van der Waals surface area contributed by atoms with Gasteiger partial charge in [-0.1, -0.05) is 77.8 Å². The van der Waals surface area contributed by atoms with E-state index >= 15 is 0 Å². The number of amides is 2. The predicted molar refractivity (Wildman–Crippen MR) is 219 cm³/mol. The molecule has 3 heterocycles. The van der Waals surface area contributed by atoms with Crippen molar-refractivity contribution < 1.29 is 38.4 Å². The largest absolute Gasteiger partial charge is 0.489 e. The number of nitrogens with zero attached hydrogens (tertiary/aromatic N) is 2. The summed E-state index contributed by atoms with van der Waals surface area (Å²) in [6, 6.07) is 31.2. The lowest BCUT2D eigenvalue weighted by Crippen LogP contribution is -2.57. The average Bonchev–Trinajstić information content (AvgIpc) is 3.81. The van der Waals surface area contributed by atoms with Gasteiger partial charge in [-0.2, -0.15) is 5.26 Å². The Hall–Kier alpha value is -6.06. The van der Waals surface area contributed by atoms with Gasteiger partial charge in [-0.3, -0.25) is 9.59 Å². The molecule has 5 aromatic rings. The summed E-state index contributed by atoms with van der Waals surface area (Å²) in [4.78, 5) is 42.1. The van der Waals surface area contributed by atoms with Crippen LogP contribution >= 0.6 is 23.2 Å². The van der Waals surface area contributed by atoms with Crippen LogP contribution in [0.4, 0.5) is 0 Å². The Labute approximate surface area is 351 Å². The number of rotatable bonds is 11. The normalized spacial score (nSPS) is 18.6. The fraction of sp³-hybridized carbons (Fsp3) is 0.261. The Bertz CT molecular complexity index is 2410. The van der Waals surface area contributed by atoms with Crippen molar-refractivity contribution in [3.8, 4) is 34.4 Å². The Kier molecular flexibility index (Phi) is 11.7. The Balaban J connectivity index is 0.957. The van der Waals surface area contributed by atoms with E-state index in [1.54, 1.807) is 29.2 Å². The molecule has 13 heteroatoms. The summed E-state index contributed by atoms with van der Waals surface area (Å²) >= 11 is 12.2. The first-order chi connectivity index (χ1) is 28.6. The molecule has 8 rings (SSSR count). The van der Waals surface area contributed by atoms with E-state index in [0.717, 1.165) is 33.4 Å². The van der Waals surface area contributed by atoms with Crippen molar-refractivity contribution in [1.82, 2.24) is 10.2 Å². The van der Waals surface area contributed by atoms with Crippen LogP contribution in [0.15, 0.2) is 103 Å². The molecule has 0 aromatic heterocycles. The lowest BCUT2D eigenvalue weighted by atomic mass is 9.90. The summed E-state index contributed by atoms with van der Waals surface area (Å²) in [5, 5.41) is 23.0. The van der Waals surface area contributed by atoms with Crippen LogP contribution in [0, 0.1) is 17.2 Å². The molecule has 4 unspecified atom stereocenters. The zero-order chi connectivity index (χ0) is 41.0. The molecule has 11 nitrogen and oxygen atoms in total. The minimum atomic E-state index is -1.24. The molecule has 5 aromatic carbocycles. The molecule has 0 aliphatic carbocycles. The summed E-state index contributed by atoms with van der Waals surface area (Å²) in [7, 11) is 0. The molecule has 0 saturated carbocycles. The number of nitriles is 1. The zero-order valence-corrected chi connectivity index (χ0v) is 33.2. The SMILES string of the molecule is N#Cc1ccc(-c2ccc(CC(NC(=O)C3Cc4cc5c(cc4CN3C(=O)C3CCOC3)OC(c3ccc(OCc4ccc(Cl)c(Cl)c4)cc3)CO5)C(=O)O)cc2)cc1. The van der Waals surface area contributed by atoms with Gasteiger partial charge in [0.25, 0.3) is 0 Å². The van der Waals surface area contributed by atoms with Gasteiger partial charge in [0.15, 0.2) is 17.6 Å². The second-order valence-corrected chi connectivity index (χ2v) is 15.6. The average molecular weight is 833 g/mol. The van der Waals surface area contributed by atoms with Crippen molar-refractivity contribution in [2.45, 2.75) is 50.6 Å². The first-order valence-corrected chi connectivity index (χ1v) is 20.0. The third-order valence-electron chi connectivity index (χ3n) is 10.9. The minimum absolute atomic E-state index is 0.0385. The van der Waals surface area contributed by atoms with Gasteiger partial charge >= 0.3 is 5.97 Å². The molecule has 1 saturated heterocycles. The highest BCUT2D eigenvalue weighted by Crippen LogP contribution is 2.41. The minimum Gasteiger partial charge on any atom is -0.489 e. The summed E-state index contributed by atoms with van der Waals surface area (Å²) in [6.45, 7) is 1.41. The van der Waals surface area contributed by atoms with Crippen molar-refractivity contribution in [3.05, 3.63) is 147 Å². The van der Waals surface area contributed by atoms with Gasteiger partial charge in [0, 0.05) is 26.0 Å². The van der Waals surface area contributed by atoms with E-state index in [-0.39, 0.29) is 38.5 Å². The van der Waals surface area contributed by atoms with Gasteiger partial charge < -0.3 is 34.3 Å². The number of hydrogen-bond donors (Lipinski definition) is 2. The fourth-order valence-electron chi connectivity index (χ4n) is 7.59. The van der Waals surface area contributed by atoms with Gasteiger partial charge in [0.1, 0.15) is 31.0 Å². The second kappa shape index (κ2) is 17.4. The van der Waals surface area contributed by atoms with E-state index in [1.807, 2.05) is 78.9 Å². The molecule has 2 amide bonds. The maximum absolute atomic E-state index is 14.1. The van der Waals surface area contributed by atoms with Gasteiger partial charge in [-0.05, 0) is 93.9 Å². The molecule has 0 bridgehead atoms. The number of halogens is 2. The summed E-state index contributed by atoms with van der Waals surface area (Å²) in [6.07, 6.45) is 0.335. The number of carbonyl (C=O) groups excluding carboxylic acids is 2. The van der Waals surface area contributed by atoms with Crippen molar-refractivity contribution in [2.75, 3.05) is 19.8 Å². The first-order valence-electron chi connectivity index (χ1n) is 19.2. The number of hydrogen-bond acceptors (Lipinski definition) is 8. The number of benzene rings is 5. The second-order valence-electron chi connectivity index (χ2n) is 14.8. The molecule has 0 radical (unpaired) electrons. The molecular formula is C46H39Cl2N3O8. The third-order valence-corrected chi connectivity index (χ3v) is 11.7. The van der Waals surface area contributed by atoms with Crippen molar-refractivity contribution in [2.24, 2.45) is 5.92 Å². The molecule has 4 atom stereocenters. The number of nitrogens with one attached hydrogen (secondary N) is 1. The quantitative estimate of drug-likeness (QED) is 0.137. The Morgan fingerprint density at radius 2 is 1.58 bits per heavy atom. The molecule has 2 N–H and O–H groups in total. The topological polar surface area (TPSA) is 147 Å². The van der Waals surface area contributed by atoms with Gasteiger partial charge in [-0.15, -0.1) is 0 Å². The van der Waals surface area contributed by atoms with Crippen LogP contribution in [0.2, 0.25) is 10.0 Å². The molecule has 1 fully saturated rings. The smallest absolute Gasteiger partial charge is 0.326 e. The lowest BCUT2D eigenvalue weighted by Gasteiger charge is -2.38. The highest BCUT2D eigenvalue weighted by atomic mass is 35.5. The number of ether oxygens (including phenoxy) is 4. The monoisotopic (exact) mass is 831 g/mol. The van der Waals surface area contributed by atoms with E-state index in [9.17, 15) is 19.5 Å². The molecule has 3 aliphatic heterocycles. The number of aliphatic carboxylic acids is 1. The Morgan fingerprint density at radius 3 is 2.25 bits per heavy atom. The fourth-order valence-corrected chi connectivity index (χ4v) is 7.91. The van der Waals surface area contributed by atoms with Gasteiger partial charge in [-0.25, -0.2) is 4.79 Å². The van der Waals surface area contributed by atoms with Crippen LogP contribution in [-0.4, -0.2) is 59.7 Å². The molecule has 59 heavy (non-hydrogen) atoms. The van der Waals surface area contributed by atoms with Crippen LogP contribution in [0.1, 0.15) is 45.9 Å². The van der Waals surface area contributed by atoms with E-state index in [1.165, 1.54) is 0 Å². The third kappa shape index (κ3) is 9.00. The Morgan fingerprint density at radius 1 is 0.864 bits per heavy atom. The van der Waals surface area contributed by atoms with E-state index in [0.29, 0.717) is 58.1 Å². The van der Waals surface area contributed by atoms with Crippen LogP contribution < -0.4 is 19.5 Å². The van der Waals surface area contributed by atoms with Gasteiger partial charge in [0.2, 0.25) is 11.8 Å². The number of carbonyl (C=O) groups is 3. The van der Waals surface area contributed by atoms with E-state index in [4.69, 9.17) is 47.4 Å². The molecule has 300 valence electrons. The number of fused-ring (bicyclic) bond motifs is 2. The highest BCUT2D eigenvalue weighted by Gasteiger charge is 2.40. The maximum Gasteiger partial charge on any atom is 0.326 e. The maximum atomic E-state index is 14.1. The zero-order valence-electron chi connectivity index (χ0n) is 31.7. The van der Waals surface area contributed by atoms with E-state index < -0.39 is 36.0 Å². The van der Waals surface area contributed by atoms with Crippen LogP contribution in [0.3, 0.4) is 0 Å². The van der Waals surface area contributed by atoms with E-state index in [2.05, 4.69) is 11.4 Å².